The van der Waals surface area contributed by atoms with Crippen LogP contribution in [0.4, 0.5) is 0 Å². The minimum atomic E-state index is -1.87. The molecule has 21 heavy (non-hydrogen) atoms. The molecule has 0 aliphatic rings. The number of aliphatic hydroxyl groups is 2. The first kappa shape index (κ1) is 21.1. The van der Waals surface area contributed by atoms with Crippen molar-refractivity contribution in [1.82, 2.24) is 0 Å². The molecule has 128 valence electrons. The number of hydrogen-bond donors (Lipinski definition) is 2. The molecule has 0 unspecified atom stereocenters. The maximum Gasteiger partial charge on any atom is 0.200 e. The van der Waals surface area contributed by atoms with Crippen LogP contribution in [-0.2, 0) is 4.43 Å². The van der Waals surface area contributed by atoms with E-state index in [1.165, 1.54) is 0 Å². The second kappa shape index (κ2) is 9.28. The molecule has 0 saturated carbocycles. The van der Waals surface area contributed by atoms with Crippen molar-refractivity contribution in [2.75, 3.05) is 13.2 Å². The Balaban J connectivity index is 5.03. The molecule has 0 heterocycles. The van der Waals surface area contributed by atoms with Gasteiger partial charge in [0.1, 0.15) is 0 Å². The van der Waals surface area contributed by atoms with Gasteiger partial charge in [0.15, 0.2) is 8.32 Å². The summed E-state index contributed by atoms with van der Waals surface area (Å²) >= 11 is 0. The van der Waals surface area contributed by atoms with E-state index in [1.807, 2.05) is 6.92 Å². The maximum atomic E-state index is 10.4. The van der Waals surface area contributed by atoms with E-state index >= 15 is 0 Å². The Morgan fingerprint density at radius 1 is 0.905 bits per heavy atom. The van der Waals surface area contributed by atoms with Gasteiger partial charge in [-0.15, -0.1) is 0 Å². The zero-order valence-electron chi connectivity index (χ0n) is 15.4. The first-order valence-electron chi connectivity index (χ1n) is 8.57. The predicted molar refractivity (Wildman–Crippen MR) is 93.0 cm³/mol. The van der Waals surface area contributed by atoms with Gasteiger partial charge in [-0.1, -0.05) is 55.4 Å². The van der Waals surface area contributed by atoms with Gasteiger partial charge in [-0.3, -0.25) is 0 Å². The molecule has 0 radical (unpaired) electrons. The van der Waals surface area contributed by atoms with E-state index < -0.39 is 14.4 Å². The lowest BCUT2D eigenvalue weighted by molar-refractivity contribution is 0.00862. The van der Waals surface area contributed by atoms with E-state index in [0.717, 1.165) is 6.42 Å². The molecule has 0 aromatic rings. The summed E-state index contributed by atoms with van der Waals surface area (Å²) in [6.07, 6.45) is 0.391. The highest BCUT2D eigenvalue weighted by atomic mass is 28.4. The summed E-state index contributed by atoms with van der Waals surface area (Å²) in [6, 6.07) is 0. The molecule has 0 saturated heterocycles. The van der Waals surface area contributed by atoms with E-state index in [4.69, 9.17) is 4.43 Å². The first-order chi connectivity index (χ1) is 9.64. The molecule has 3 atom stereocenters. The lowest BCUT2D eigenvalue weighted by atomic mass is 9.91. The summed E-state index contributed by atoms with van der Waals surface area (Å²) in [5.74, 6) is 0.0158. The molecule has 0 fully saturated rings. The third-order valence-electron chi connectivity index (χ3n) is 5.13. The number of hydrogen-bond acceptors (Lipinski definition) is 3. The maximum absolute atomic E-state index is 10.4. The largest absolute Gasteiger partial charge is 0.416 e. The van der Waals surface area contributed by atoms with Crippen molar-refractivity contribution in [2.45, 2.75) is 84.5 Å². The Bertz CT molecular complexity index is 257. The van der Waals surface area contributed by atoms with Crippen LogP contribution in [0.1, 0.15) is 61.8 Å². The Morgan fingerprint density at radius 2 is 1.33 bits per heavy atom. The van der Waals surface area contributed by atoms with E-state index in [9.17, 15) is 10.2 Å². The second-order valence-corrected chi connectivity index (χ2v) is 12.9. The minimum Gasteiger partial charge on any atom is -0.416 e. The molecule has 0 aromatic carbocycles. The number of aliphatic hydroxyl groups excluding tert-OH is 2. The zero-order valence-corrected chi connectivity index (χ0v) is 16.4. The zero-order chi connectivity index (χ0) is 16.8. The predicted octanol–water partition coefficient (Wildman–Crippen LogP) is 4.19. The summed E-state index contributed by atoms with van der Waals surface area (Å²) in [5.41, 5.74) is 1.67. The average Bonchev–Trinajstić information content (AvgIpc) is 2.40. The third-order valence-corrected chi connectivity index (χ3v) is 11.2. The summed E-state index contributed by atoms with van der Waals surface area (Å²) in [7, 11) is -1.87. The van der Waals surface area contributed by atoms with E-state index in [0.29, 0.717) is 23.2 Å². The minimum absolute atomic E-state index is 0.0266. The molecule has 0 amide bonds. The Kier molecular flexibility index (Phi) is 9.33. The lowest BCUT2D eigenvalue weighted by Gasteiger charge is -2.43. The normalized spacial score (nSPS) is 17.6. The SMILES string of the molecule is CC[C@H](CO[Si](C(C)C)(C(C)C)C(C)C)[C@@H](O)[C@H](C)CO. The Labute approximate surface area is 133 Å². The van der Waals surface area contributed by atoms with Crippen LogP contribution in [-0.4, -0.2) is 37.8 Å². The Morgan fingerprint density at radius 3 is 1.62 bits per heavy atom. The van der Waals surface area contributed by atoms with Gasteiger partial charge in [-0.25, -0.2) is 0 Å². The van der Waals surface area contributed by atoms with Crippen LogP contribution < -0.4 is 0 Å². The lowest BCUT2D eigenvalue weighted by Crippen LogP contribution is -2.49. The van der Waals surface area contributed by atoms with E-state index in [1.54, 1.807) is 0 Å². The summed E-state index contributed by atoms with van der Waals surface area (Å²) in [6.45, 7) is 18.3. The number of rotatable bonds is 10. The van der Waals surface area contributed by atoms with Gasteiger partial charge in [-0.05, 0) is 23.0 Å². The highest BCUT2D eigenvalue weighted by Gasteiger charge is 2.45. The van der Waals surface area contributed by atoms with E-state index in [-0.39, 0.29) is 18.4 Å². The van der Waals surface area contributed by atoms with Gasteiger partial charge in [0.25, 0.3) is 0 Å². The quantitative estimate of drug-likeness (QED) is 0.594. The molecule has 0 spiro atoms. The van der Waals surface area contributed by atoms with Crippen LogP contribution in [0.15, 0.2) is 0 Å². The van der Waals surface area contributed by atoms with Crippen LogP contribution in [0.3, 0.4) is 0 Å². The molecule has 4 heteroatoms. The van der Waals surface area contributed by atoms with Gasteiger partial charge in [0.05, 0.1) is 6.10 Å². The standard InChI is InChI=1S/C17H38O3Si/c1-9-16(17(19)15(8)10-18)11-20-21(12(2)3,13(4)5)14(6)7/h12-19H,9-11H2,1-8H3/t15-,16-,17+/m1/s1. The topological polar surface area (TPSA) is 49.7 Å². The molecular weight excluding hydrogens is 280 g/mol. The van der Waals surface area contributed by atoms with Crippen LogP contribution in [0.5, 0.6) is 0 Å². The van der Waals surface area contributed by atoms with Crippen molar-refractivity contribution in [3.63, 3.8) is 0 Å². The van der Waals surface area contributed by atoms with Crippen molar-refractivity contribution >= 4 is 8.32 Å². The van der Waals surface area contributed by atoms with Gasteiger partial charge >= 0.3 is 0 Å². The average molecular weight is 319 g/mol. The second-order valence-electron chi connectivity index (χ2n) is 7.45. The third kappa shape index (κ3) is 5.05. The van der Waals surface area contributed by atoms with Crippen molar-refractivity contribution in [3.05, 3.63) is 0 Å². The van der Waals surface area contributed by atoms with Gasteiger partial charge < -0.3 is 14.6 Å². The van der Waals surface area contributed by atoms with Crippen molar-refractivity contribution in [3.8, 4) is 0 Å². The van der Waals surface area contributed by atoms with Crippen LogP contribution in [0.2, 0.25) is 16.6 Å². The summed E-state index contributed by atoms with van der Waals surface area (Å²) < 4.78 is 6.58. The van der Waals surface area contributed by atoms with Crippen molar-refractivity contribution < 1.29 is 14.6 Å². The van der Waals surface area contributed by atoms with Crippen LogP contribution in [0.25, 0.3) is 0 Å². The van der Waals surface area contributed by atoms with Crippen molar-refractivity contribution in [2.24, 2.45) is 11.8 Å². The van der Waals surface area contributed by atoms with Gasteiger partial charge in [0, 0.05) is 25.0 Å². The van der Waals surface area contributed by atoms with E-state index in [2.05, 4.69) is 48.5 Å². The molecular formula is C17H38O3Si. The highest BCUT2D eigenvalue weighted by Crippen LogP contribution is 2.42. The van der Waals surface area contributed by atoms with Gasteiger partial charge in [0.2, 0.25) is 0 Å². The fraction of sp³-hybridized carbons (Fsp3) is 1.00. The first-order valence-corrected chi connectivity index (χ1v) is 10.7. The summed E-state index contributed by atoms with van der Waals surface area (Å²) in [4.78, 5) is 0. The molecule has 3 nitrogen and oxygen atoms in total. The summed E-state index contributed by atoms with van der Waals surface area (Å²) in [5, 5.41) is 19.6. The van der Waals surface area contributed by atoms with Crippen LogP contribution >= 0.6 is 0 Å². The Hall–Kier alpha value is 0.0969. The molecule has 0 bridgehead atoms. The molecule has 0 aliphatic carbocycles. The fourth-order valence-corrected chi connectivity index (χ4v) is 9.28. The van der Waals surface area contributed by atoms with Gasteiger partial charge in [-0.2, -0.15) is 0 Å². The van der Waals surface area contributed by atoms with Crippen LogP contribution in [0, 0.1) is 11.8 Å². The molecule has 2 N–H and O–H groups in total. The molecule has 0 aliphatic heterocycles. The molecule has 0 aromatic heterocycles. The van der Waals surface area contributed by atoms with Crippen molar-refractivity contribution in [1.29, 1.82) is 0 Å². The smallest absolute Gasteiger partial charge is 0.200 e. The fourth-order valence-electron chi connectivity index (χ4n) is 3.78. The molecule has 0 rings (SSSR count). The highest BCUT2D eigenvalue weighted by molar-refractivity contribution is 6.77. The monoisotopic (exact) mass is 318 g/mol.